The van der Waals surface area contributed by atoms with Crippen LogP contribution in [0.3, 0.4) is 0 Å². The zero-order valence-corrected chi connectivity index (χ0v) is 20.9. The molecule has 0 unspecified atom stereocenters. The Hall–Kier alpha value is -4.86. The molecule has 188 valence electrons. The van der Waals surface area contributed by atoms with E-state index in [0.717, 1.165) is 11.4 Å². The summed E-state index contributed by atoms with van der Waals surface area (Å²) < 4.78 is 6.67. The van der Waals surface area contributed by atoms with Crippen molar-refractivity contribution in [3.05, 3.63) is 94.9 Å². The van der Waals surface area contributed by atoms with Crippen molar-refractivity contribution in [3.8, 4) is 5.95 Å². The molecule has 0 bridgehead atoms. The van der Waals surface area contributed by atoms with E-state index in [0.29, 0.717) is 23.1 Å². The number of carbonyl (C=O) groups is 3. The highest BCUT2D eigenvalue weighted by atomic mass is 16.5. The largest absolute Gasteiger partial charge is 0.452 e. The molecule has 4 rings (SSSR count). The Balaban J connectivity index is 1.45. The molecule has 2 aromatic carbocycles. The summed E-state index contributed by atoms with van der Waals surface area (Å²) in [5, 5.41) is 7.04. The van der Waals surface area contributed by atoms with Gasteiger partial charge in [0.25, 0.3) is 17.8 Å². The standard InChI is InChI=1S/C27H26N6O4/c1-17-14-18(2)29-27(28-17)33-23(15-19(3)31-33)30-24(34)16-37-26(36)22-13-9-8-12-21(22)25(35)32(4)20-10-6-5-7-11-20/h5-15H,16H2,1-4H3,(H,30,34). The number of nitrogens with zero attached hydrogens (tertiary/aromatic N) is 5. The summed E-state index contributed by atoms with van der Waals surface area (Å²) in [7, 11) is 1.62. The van der Waals surface area contributed by atoms with E-state index in [9.17, 15) is 14.4 Å². The van der Waals surface area contributed by atoms with Crippen LogP contribution in [0.2, 0.25) is 0 Å². The van der Waals surface area contributed by atoms with Crippen LogP contribution in [0.5, 0.6) is 0 Å². The highest BCUT2D eigenvalue weighted by molar-refractivity contribution is 6.12. The third-order valence-electron chi connectivity index (χ3n) is 5.42. The summed E-state index contributed by atoms with van der Waals surface area (Å²) in [5.74, 6) is -1.10. The Morgan fingerprint density at radius 3 is 2.16 bits per heavy atom. The van der Waals surface area contributed by atoms with E-state index in [4.69, 9.17) is 4.74 Å². The Bertz CT molecular complexity index is 1440. The summed E-state index contributed by atoms with van der Waals surface area (Å²) in [5.41, 5.74) is 3.06. The molecule has 0 aliphatic heterocycles. The Labute approximate surface area is 213 Å². The molecule has 2 heterocycles. The van der Waals surface area contributed by atoms with Gasteiger partial charge in [0.1, 0.15) is 5.82 Å². The maximum Gasteiger partial charge on any atom is 0.339 e. The van der Waals surface area contributed by atoms with E-state index in [1.807, 2.05) is 38.1 Å². The van der Waals surface area contributed by atoms with Gasteiger partial charge in [-0.3, -0.25) is 9.59 Å². The van der Waals surface area contributed by atoms with Crippen LogP contribution in [0.1, 0.15) is 37.8 Å². The lowest BCUT2D eigenvalue weighted by molar-refractivity contribution is -0.119. The van der Waals surface area contributed by atoms with Gasteiger partial charge in [-0.1, -0.05) is 30.3 Å². The summed E-state index contributed by atoms with van der Waals surface area (Å²) in [4.78, 5) is 48.8. The van der Waals surface area contributed by atoms with Gasteiger partial charge in [-0.05, 0) is 51.1 Å². The highest BCUT2D eigenvalue weighted by Gasteiger charge is 2.22. The molecule has 0 atom stereocenters. The van der Waals surface area contributed by atoms with Crippen LogP contribution in [0.4, 0.5) is 11.5 Å². The van der Waals surface area contributed by atoms with Crippen molar-refractivity contribution in [1.82, 2.24) is 19.7 Å². The lowest BCUT2D eigenvalue weighted by atomic mass is 10.1. The summed E-state index contributed by atoms with van der Waals surface area (Å²) >= 11 is 0. The molecule has 0 aliphatic rings. The van der Waals surface area contributed by atoms with Gasteiger partial charge in [-0.25, -0.2) is 14.8 Å². The van der Waals surface area contributed by atoms with Crippen molar-refractivity contribution in [1.29, 1.82) is 0 Å². The number of aryl methyl sites for hydroxylation is 3. The SMILES string of the molecule is Cc1cc(C)nc(-n2nc(C)cc2NC(=O)COC(=O)c2ccccc2C(=O)N(C)c2ccccc2)n1. The number of para-hydroxylation sites is 1. The predicted molar refractivity (Wildman–Crippen MR) is 138 cm³/mol. The summed E-state index contributed by atoms with van der Waals surface area (Å²) in [6.45, 7) is 4.89. The second kappa shape index (κ2) is 10.8. The molecule has 0 saturated heterocycles. The number of aromatic nitrogens is 4. The quantitative estimate of drug-likeness (QED) is 0.386. The van der Waals surface area contributed by atoms with Crippen LogP contribution in [0.15, 0.2) is 66.7 Å². The van der Waals surface area contributed by atoms with Gasteiger partial charge >= 0.3 is 5.97 Å². The summed E-state index contributed by atoms with van der Waals surface area (Å²) in [6, 6.07) is 18.9. The number of anilines is 2. The third-order valence-corrected chi connectivity index (χ3v) is 5.42. The fourth-order valence-electron chi connectivity index (χ4n) is 3.73. The predicted octanol–water partition coefficient (Wildman–Crippen LogP) is 3.66. The van der Waals surface area contributed by atoms with E-state index in [-0.39, 0.29) is 17.0 Å². The van der Waals surface area contributed by atoms with E-state index in [1.54, 1.807) is 50.4 Å². The van der Waals surface area contributed by atoms with Gasteiger partial charge in [0.15, 0.2) is 6.61 Å². The fraction of sp³-hybridized carbons (Fsp3) is 0.185. The Morgan fingerprint density at radius 2 is 1.49 bits per heavy atom. The molecule has 0 radical (unpaired) electrons. The number of nitrogens with one attached hydrogen (secondary N) is 1. The first-order chi connectivity index (χ1) is 17.7. The van der Waals surface area contributed by atoms with Gasteiger partial charge in [-0.15, -0.1) is 0 Å². The topological polar surface area (TPSA) is 119 Å². The van der Waals surface area contributed by atoms with Crippen molar-refractivity contribution in [2.24, 2.45) is 0 Å². The molecule has 10 nitrogen and oxygen atoms in total. The van der Waals surface area contributed by atoms with Crippen LogP contribution < -0.4 is 10.2 Å². The van der Waals surface area contributed by atoms with Gasteiger partial charge in [0.05, 0.1) is 16.8 Å². The number of amides is 2. The number of rotatable bonds is 7. The molecule has 0 aliphatic carbocycles. The Kier molecular flexibility index (Phi) is 7.38. The van der Waals surface area contributed by atoms with E-state index in [2.05, 4.69) is 20.4 Å². The first-order valence-electron chi connectivity index (χ1n) is 11.5. The highest BCUT2D eigenvalue weighted by Crippen LogP contribution is 2.19. The molecule has 10 heteroatoms. The maximum atomic E-state index is 13.1. The normalized spacial score (nSPS) is 10.6. The molecule has 0 spiro atoms. The number of esters is 1. The average Bonchev–Trinajstić information content (AvgIpc) is 3.26. The van der Waals surface area contributed by atoms with Crippen molar-refractivity contribution in [2.75, 3.05) is 23.9 Å². The van der Waals surface area contributed by atoms with Gasteiger partial charge in [0, 0.05) is 30.2 Å². The van der Waals surface area contributed by atoms with E-state index >= 15 is 0 Å². The van der Waals surface area contributed by atoms with E-state index < -0.39 is 18.5 Å². The fourth-order valence-corrected chi connectivity index (χ4v) is 3.73. The molecule has 0 fully saturated rings. The second-order valence-corrected chi connectivity index (χ2v) is 8.40. The zero-order chi connectivity index (χ0) is 26.5. The minimum absolute atomic E-state index is 0.0626. The van der Waals surface area contributed by atoms with Crippen LogP contribution in [0.25, 0.3) is 5.95 Å². The summed E-state index contributed by atoms with van der Waals surface area (Å²) in [6.07, 6.45) is 0. The number of hydrogen-bond acceptors (Lipinski definition) is 7. The molecule has 0 saturated carbocycles. The monoisotopic (exact) mass is 498 g/mol. The molecule has 1 N–H and O–H groups in total. The van der Waals surface area contributed by atoms with Gasteiger partial charge < -0.3 is 15.0 Å². The number of carbonyl (C=O) groups excluding carboxylic acids is 3. The smallest absolute Gasteiger partial charge is 0.339 e. The van der Waals surface area contributed by atoms with Gasteiger partial charge in [0.2, 0.25) is 0 Å². The van der Waals surface area contributed by atoms with Crippen LogP contribution in [-0.4, -0.2) is 51.2 Å². The molecule has 2 amide bonds. The number of hydrogen-bond donors (Lipinski definition) is 1. The average molecular weight is 499 g/mol. The second-order valence-electron chi connectivity index (χ2n) is 8.40. The van der Waals surface area contributed by atoms with Crippen LogP contribution >= 0.6 is 0 Å². The van der Waals surface area contributed by atoms with Crippen LogP contribution in [0, 0.1) is 20.8 Å². The van der Waals surface area contributed by atoms with Gasteiger partial charge in [-0.2, -0.15) is 9.78 Å². The third kappa shape index (κ3) is 5.87. The van der Waals surface area contributed by atoms with Crippen molar-refractivity contribution in [3.63, 3.8) is 0 Å². The van der Waals surface area contributed by atoms with Crippen molar-refractivity contribution in [2.45, 2.75) is 20.8 Å². The number of ether oxygens (including phenoxy) is 1. The molecule has 37 heavy (non-hydrogen) atoms. The van der Waals surface area contributed by atoms with Crippen LogP contribution in [-0.2, 0) is 9.53 Å². The number of benzene rings is 2. The molecular weight excluding hydrogens is 472 g/mol. The zero-order valence-electron chi connectivity index (χ0n) is 20.9. The lowest BCUT2D eigenvalue weighted by Gasteiger charge is -2.18. The van der Waals surface area contributed by atoms with Crippen molar-refractivity contribution >= 4 is 29.3 Å². The lowest BCUT2D eigenvalue weighted by Crippen LogP contribution is -2.29. The van der Waals surface area contributed by atoms with Crippen molar-refractivity contribution < 1.29 is 19.1 Å². The molecule has 4 aromatic rings. The minimum Gasteiger partial charge on any atom is -0.452 e. The van der Waals surface area contributed by atoms with E-state index in [1.165, 1.54) is 15.6 Å². The molecule has 2 aromatic heterocycles. The maximum absolute atomic E-state index is 13.1. The molecular formula is C27H26N6O4. The first kappa shape index (κ1) is 25.2. The first-order valence-corrected chi connectivity index (χ1v) is 11.5. The minimum atomic E-state index is -0.789. The Morgan fingerprint density at radius 1 is 0.865 bits per heavy atom.